The van der Waals surface area contributed by atoms with E-state index in [4.69, 9.17) is 0 Å². The molecule has 24 heavy (non-hydrogen) atoms. The highest BCUT2D eigenvalue weighted by molar-refractivity contribution is 5.95. The summed E-state index contributed by atoms with van der Waals surface area (Å²) in [7, 11) is 0. The molecule has 0 unspecified atom stereocenters. The summed E-state index contributed by atoms with van der Waals surface area (Å²) >= 11 is 0. The van der Waals surface area contributed by atoms with Crippen LogP contribution in [0.3, 0.4) is 0 Å². The van der Waals surface area contributed by atoms with Gasteiger partial charge >= 0.3 is 0 Å². The summed E-state index contributed by atoms with van der Waals surface area (Å²) in [6, 6.07) is 9.06. The van der Waals surface area contributed by atoms with Crippen LogP contribution in [-0.2, 0) is 0 Å². The number of carbonyl (C=O) groups is 1. The van der Waals surface area contributed by atoms with E-state index in [0.29, 0.717) is 28.3 Å². The molecule has 1 fully saturated rings. The molecule has 2 aromatic heterocycles. The lowest BCUT2D eigenvalue weighted by atomic mass is 10.1. The Morgan fingerprint density at radius 2 is 2.08 bits per heavy atom. The highest BCUT2D eigenvalue weighted by Gasteiger charge is 2.24. The second-order valence-corrected chi connectivity index (χ2v) is 6.04. The molecule has 120 valence electrons. The van der Waals surface area contributed by atoms with E-state index in [9.17, 15) is 9.59 Å². The van der Waals surface area contributed by atoms with Gasteiger partial charge in [0.1, 0.15) is 6.33 Å². The van der Waals surface area contributed by atoms with E-state index in [1.54, 1.807) is 30.5 Å². The minimum Gasteiger partial charge on any atom is -0.349 e. The van der Waals surface area contributed by atoms with Crippen molar-refractivity contribution in [2.45, 2.75) is 25.8 Å². The minimum atomic E-state index is -0.198. The normalized spacial score (nSPS) is 13.9. The van der Waals surface area contributed by atoms with Gasteiger partial charge in [0.25, 0.3) is 11.5 Å². The van der Waals surface area contributed by atoms with Crippen molar-refractivity contribution in [3.63, 3.8) is 0 Å². The number of aromatic nitrogens is 3. The Morgan fingerprint density at radius 3 is 2.88 bits per heavy atom. The van der Waals surface area contributed by atoms with Crippen molar-refractivity contribution in [2.75, 3.05) is 0 Å². The molecular formula is C18H16N4O2. The number of amides is 1. The number of nitrogens with zero attached hydrogens (tertiary/aromatic N) is 3. The number of fused-ring (bicyclic) bond motifs is 1. The smallest absolute Gasteiger partial charge is 0.267 e. The number of nitrogens with one attached hydrogen (secondary N) is 1. The molecule has 1 aliphatic rings. The van der Waals surface area contributed by atoms with E-state index < -0.39 is 0 Å². The number of hydrogen-bond acceptors (Lipinski definition) is 4. The molecule has 0 radical (unpaired) electrons. The molecule has 6 nitrogen and oxygen atoms in total. The van der Waals surface area contributed by atoms with Crippen molar-refractivity contribution < 1.29 is 4.79 Å². The summed E-state index contributed by atoms with van der Waals surface area (Å²) in [5, 5.41) is 3.41. The van der Waals surface area contributed by atoms with Crippen LogP contribution in [0, 0.1) is 6.92 Å². The molecule has 4 rings (SSSR count). The minimum absolute atomic E-state index is 0.109. The number of benzene rings is 1. The van der Waals surface area contributed by atoms with E-state index in [-0.39, 0.29) is 11.5 Å². The average Bonchev–Trinajstić information content (AvgIpc) is 3.40. The van der Waals surface area contributed by atoms with E-state index in [1.165, 1.54) is 10.9 Å². The second-order valence-electron chi connectivity index (χ2n) is 6.04. The van der Waals surface area contributed by atoms with Crippen LogP contribution in [0.2, 0.25) is 0 Å². The zero-order chi connectivity index (χ0) is 16.7. The molecule has 1 aliphatic carbocycles. The van der Waals surface area contributed by atoms with Crippen LogP contribution >= 0.6 is 0 Å². The first-order valence-corrected chi connectivity index (χ1v) is 7.88. The first-order valence-electron chi connectivity index (χ1n) is 7.88. The molecule has 0 spiro atoms. The van der Waals surface area contributed by atoms with Gasteiger partial charge in [-0.1, -0.05) is 6.07 Å². The molecule has 0 atom stereocenters. The molecule has 0 bridgehead atoms. The molecule has 0 aliphatic heterocycles. The van der Waals surface area contributed by atoms with Crippen LogP contribution in [0.5, 0.6) is 0 Å². The Kier molecular flexibility index (Phi) is 3.37. The van der Waals surface area contributed by atoms with Gasteiger partial charge in [-0.05, 0) is 49.6 Å². The van der Waals surface area contributed by atoms with Crippen molar-refractivity contribution in [1.82, 2.24) is 19.9 Å². The third-order valence-electron chi connectivity index (χ3n) is 4.17. The third kappa shape index (κ3) is 2.56. The molecule has 3 aromatic rings. The molecule has 1 N–H and O–H groups in total. The Labute approximate surface area is 138 Å². The van der Waals surface area contributed by atoms with Crippen LogP contribution in [0.15, 0.2) is 47.7 Å². The summed E-state index contributed by atoms with van der Waals surface area (Å²) < 4.78 is 1.47. The van der Waals surface area contributed by atoms with E-state index in [2.05, 4.69) is 15.3 Å². The highest BCUT2D eigenvalue weighted by atomic mass is 16.1. The van der Waals surface area contributed by atoms with Crippen LogP contribution in [0.25, 0.3) is 16.7 Å². The van der Waals surface area contributed by atoms with Crippen molar-refractivity contribution in [2.24, 2.45) is 0 Å². The number of pyridine rings is 1. The first-order chi connectivity index (χ1) is 11.6. The quantitative estimate of drug-likeness (QED) is 0.800. The summed E-state index contributed by atoms with van der Waals surface area (Å²) in [5.74, 6) is -0.109. The lowest BCUT2D eigenvalue weighted by Crippen LogP contribution is -2.26. The zero-order valence-electron chi connectivity index (χ0n) is 13.2. The van der Waals surface area contributed by atoms with Crippen LogP contribution in [0.4, 0.5) is 0 Å². The fraction of sp³-hybridized carbons (Fsp3) is 0.222. The molecule has 1 amide bonds. The van der Waals surface area contributed by atoms with E-state index in [0.717, 1.165) is 18.4 Å². The molecule has 2 heterocycles. The maximum absolute atomic E-state index is 12.7. The Bertz CT molecular complexity index is 1010. The summed E-state index contributed by atoms with van der Waals surface area (Å²) in [5.41, 5.74) is 2.31. The van der Waals surface area contributed by atoms with Gasteiger partial charge in [0.2, 0.25) is 0 Å². The topological polar surface area (TPSA) is 76.9 Å². The number of carbonyl (C=O) groups excluding carboxylic acids is 1. The predicted molar refractivity (Wildman–Crippen MR) is 90.4 cm³/mol. The van der Waals surface area contributed by atoms with Gasteiger partial charge in [0.05, 0.1) is 11.1 Å². The van der Waals surface area contributed by atoms with Crippen LogP contribution in [-0.4, -0.2) is 26.5 Å². The van der Waals surface area contributed by atoms with Crippen molar-refractivity contribution in [1.29, 1.82) is 0 Å². The first kappa shape index (κ1) is 14.6. The molecule has 0 saturated heterocycles. The average molecular weight is 320 g/mol. The van der Waals surface area contributed by atoms with Crippen LogP contribution < -0.4 is 10.9 Å². The Morgan fingerprint density at radius 1 is 1.25 bits per heavy atom. The molecule has 1 saturated carbocycles. The van der Waals surface area contributed by atoms with Crippen molar-refractivity contribution >= 4 is 16.9 Å². The fourth-order valence-corrected chi connectivity index (χ4v) is 2.64. The largest absolute Gasteiger partial charge is 0.349 e. The SMILES string of the molecule is Cc1ccc(C(=O)NC2CC2)cc1-n1cnc2ncccc2c1=O. The van der Waals surface area contributed by atoms with Crippen molar-refractivity contribution in [3.05, 3.63) is 64.3 Å². The maximum Gasteiger partial charge on any atom is 0.267 e. The summed E-state index contributed by atoms with van der Waals surface area (Å²) in [6.45, 7) is 1.90. The predicted octanol–water partition coefficient (Wildman–Crippen LogP) is 1.98. The van der Waals surface area contributed by atoms with Gasteiger partial charge in [0.15, 0.2) is 5.65 Å². The Hall–Kier alpha value is -3.02. The maximum atomic E-state index is 12.7. The zero-order valence-corrected chi connectivity index (χ0v) is 13.2. The van der Waals surface area contributed by atoms with E-state index in [1.807, 2.05) is 13.0 Å². The monoisotopic (exact) mass is 320 g/mol. The van der Waals surface area contributed by atoms with Crippen molar-refractivity contribution in [3.8, 4) is 5.69 Å². The van der Waals surface area contributed by atoms with Gasteiger partial charge in [0, 0.05) is 17.8 Å². The fourth-order valence-electron chi connectivity index (χ4n) is 2.64. The van der Waals surface area contributed by atoms with Gasteiger partial charge in [-0.3, -0.25) is 14.2 Å². The summed E-state index contributed by atoms with van der Waals surface area (Å²) in [6.07, 6.45) is 5.13. The third-order valence-corrected chi connectivity index (χ3v) is 4.17. The standard InChI is InChI=1S/C18H16N4O2/c1-11-4-5-12(17(23)21-13-6-7-13)9-15(11)22-10-20-16-14(18(22)24)3-2-8-19-16/h2-5,8-10,13H,6-7H2,1H3,(H,21,23). The van der Waals surface area contributed by atoms with E-state index >= 15 is 0 Å². The number of aryl methyl sites for hydroxylation is 1. The molecule has 6 heteroatoms. The van der Waals surface area contributed by atoms with Gasteiger partial charge < -0.3 is 5.32 Å². The molecular weight excluding hydrogens is 304 g/mol. The summed E-state index contributed by atoms with van der Waals surface area (Å²) in [4.78, 5) is 33.3. The second kappa shape index (κ2) is 5.56. The number of hydrogen-bond donors (Lipinski definition) is 1. The number of rotatable bonds is 3. The lowest BCUT2D eigenvalue weighted by molar-refractivity contribution is 0.0951. The lowest BCUT2D eigenvalue weighted by Gasteiger charge is -2.11. The molecule has 1 aromatic carbocycles. The van der Waals surface area contributed by atoms with Gasteiger partial charge in [-0.15, -0.1) is 0 Å². The van der Waals surface area contributed by atoms with Crippen LogP contribution in [0.1, 0.15) is 28.8 Å². The highest BCUT2D eigenvalue weighted by Crippen LogP contribution is 2.20. The Balaban J connectivity index is 1.82. The van der Waals surface area contributed by atoms with Gasteiger partial charge in [-0.25, -0.2) is 9.97 Å². The van der Waals surface area contributed by atoms with Gasteiger partial charge in [-0.2, -0.15) is 0 Å².